The Morgan fingerprint density at radius 2 is 1.95 bits per heavy atom. The van der Waals surface area contributed by atoms with Crippen molar-refractivity contribution < 1.29 is 18.7 Å². The molecule has 1 fully saturated rings. The maximum absolute atomic E-state index is 16.1. The average molecular weight is 535 g/mol. The van der Waals surface area contributed by atoms with Crippen molar-refractivity contribution in [1.82, 2.24) is 4.98 Å². The highest BCUT2D eigenvalue weighted by Crippen LogP contribution is 2.37. The molecular weight excluding hydrogens is 499 g/mol. The Labute approximate surface area is 227 Å². The number of hydrogen-bond acceptors (Lipinski definition) is 7. The van der Waals surface area contributed by atoms with Crippen molar-refractivity contribution in [2.24, 2.45) is 11.5 Å². The van der Waals surface area contributed by atoms with Crippen LogP contribution in [0.1, 0.15) is 56.5 Å². The van der Waals surface area contributed by atoms with Gasteiger partial charge in [0.1, 0.15) is 23.4 Å². The number of nitrogen functional groups attached to an aromatic ring is 1. The Morgan fingerprint density at radius 3 is 2.59 bits per heavy atom. The van der Waals surface area contributed by atoms with Gasteiger partial charge in [0.25, 0.3) is 0 Å². The van der Waals surface area contributed by atoms with E-state index in [9.17, 15) is 4.79 Å². The van der Waals surface area contributed by atoms with Crippen molar-refractivity contribution in [2.45, 2.75) is 51.8 Å². The van der Waals surface area contributed by atoms with E-state index in [-0.39, 0.29) is 23.3 Å². The highest BCUT2D eigenvalue weighted by atomic mass is 19.1. The predicted octanol–water partition coefficient (Wildman–Crippen LogP) is 4.35. The molecule has 0 radical (unpaired) electrons. The SMILES string of the molecule is CCOc1cc(OC(C)C)c(F)c(C(Nc2ccc(C(=N)N)cc2)c2cccc(N3CCC[C@H]3C(N)=O)n2)c1. The quantitative estimate of drug-likeness (QED) is 0.212. The number of carbonyl (C=O) groups is 1. The van der Waals surface area contributed by atoms with Crippen LogP contribution >= 0.6 is 0 Å². The average Bonchev–Trinajstić information content (AvgIpc) is 3.40. The number of amidine groups is 1. The zero-order valence-corrected chi connectivity index (χ0v) is 22.4. The number of nitrogens with two attached hydrogens (primary N) is 2. The summed E-state index contributed by atoms with van der Waals surface area (Å²) in [6.07, 6.45) is 1.23. The van der Waals surface area contributed by atoms with Crippen LogP contribution < -0.4 is 31.2 Å². The molecule has 4 rings (SSSR count). The van der Waals surface area contributed by atoms with Crippen LogP contribution in [0.15, 0.2) is 54.6 Å². The van der Waals surface area contributed by atoms with Crippen molar-refractivity contribution in [1.29, 1.82) is 5.41 Å². The number of ether oxygens (including phenoxy) is 2. The number of halogens is 1. The largest absolute Gasteiger partial charge is 0.494 e. The van der Waals surface area contributed by atoms with E-state index in [0.29, 0.717) is 48.1 Å². The fourth-order valence-electron chi connectivity index (χ4n) is 4.71. The molecule has 1 aliphatic rings. The summed E-state index contributed by atoms with van der Waals surface area (Å²) >= 11 is 0. The van der Waals surface area contributed by atoms with Crippen LogP contribution in [0.5, 0.6) is 11.5 Å². The molecule has 1 saturated heterocycles. The second-order valence-corrected chi connectivity index (χ2v) is 9.67. The van der Waals surface area contributed by atoms with Gasteiger partial charge in [0.05, 0.1) is 24.4 Å². The van der Waals surface area contributed by atoms with Gasteiger partial charge in [-0.1, -0.05) is 6.07 Å². The summed E-state index contributed by atoms with van der Waals surface area (Å²) in [5.41, 5.74) is 13.3. The summed E-state index contributed by atoms with van der Waals surface area (Å²) in [5.74, 6) is 0.154. The first-order chi connectivity index (χ1) is 18.7. The third-order valence-corrected chi connectivity index (χ3v) is 6.46. The van der Waals surface area contributed by atoms with Crippen molar-refractivity contribution in [2.75, 3.05) is 23.4 Å². The van der Waals surface area contributed by atoms with E-state index >= 15 is 4.39 Å². The molecule has 0 aliphatic carbocycles. The van der Waals surface area contributed by atoms with E-state index in [1.54, 1.807) is 42.5 Å². The van der Waals surface area contributed by atoms with Crippen molar-refractivity contribution >= 4 is 23.2 Å². The summed E-state index contributed by atoms with van der Waals surface area (Å²) in [6.45, 7) is 6.56. The van der Waals surface area contributed by atoms with Gasteiger partial charge in [-0.3, -0.25) is 10.2 Å². The normalized spacial score (nSPS) is 15.7. The van der Waals surface area contributed by atoms with Crippen LogP contribution in [-0.2, 0) is 4.79 Å². The Hall–Kier alpha value is -4.34. The number of hydrogen-bond donors (Lipinski definition) is 4. The minimum Gasteiger partial charge on any atom is -0.494 e. The monoisotopic (exact) mass is 534 g/mol. The molecule has 2 atom stereocenters. The molecule has 0 saturated carbocycles. The third kappa shape index (κ3) is 6.39. The second kappa shape index (κ2) is 12.0. The molecule has 0 bridgehead atoms. The smallest absolute Gasteiger partial charge is 0.240 e. The highest BCUT2D eigenvalue weighted by molar-refractivity contribution is 5.95. The Morgan fingerprint density at radius 1 is 1.21 bits per heavy atom. The number of carbonyl (C=O) groups excluding carboxylic acids is 1. The first-order valence-corrected chi connectivity index (χ1v) is 13.0. The Balaban J connectivity index is 1.83. The summed E-state index contributed by atoms with van der Waals surface area (Å²) in [7, 11) is 0. The third-order valence-electron chi connectivity index (χ3n) is 6.46. The van der Waals surface area contributed by atoms with E-state index in [1.807, 2.05) is 37.8 Å². The first kappa shape index (κ1) is 27.7. The summed E-state index contributed by atoms with van der Waals surface area (Å²) < 4.78 is 27.6. The molecule has 2 heterocycles. The topological polar surface area (TPSA) is 140 Å². The van der Waals surface area contributed by atoms with Gasteiger partial charge in [-0.05, 0) is 76.1 Å². The van der Waals surface area contributed by atoms with Gasteiger partial charge in [0, 0.05) is 29.4 Å². The number of nitrogens with zero attached hydrogens (tertiary/aromatic N) is 2. The molecule has 1 amide bonds. The molecule has 6 N–H and O–H groups in total. The van der Waals surface area contributed by atoms with Crippen LogP contribution in [-0.4, -0.2) is 42.0 Å². The van der Waals surface area contributed by atoms with Gasteiger partial charge < -0.3 is 31.2 Å². The van der Waals surface area contributed by atoms with E-state index in [2.05, 4.69) is 5.32 Å². The van der Waals surface area contributed by atoms with Crippen molar-refractivity contribution in [3.8, 4) is 11.5 Å². The molecule has 1 unspecified atom stereocenters. The molecule has 10 heteroatoms. The number of anilines is 2. The number of pyridine rings is 1. The van der Waals surface area contributed by atoms with E-state index in [4.69, 9.17) is 31.3 Å². The fourth-order valence-corrected chi connectivity index (χ4v) is 4.71. The summed E-state index contributed by atoms with van der Waals surface area (Å²) in [4.78, 5) is 18.8. The maximum atomic E-state index is 16.1. The minimum absolute atomic E-state index is 0.0481. The number of nitrogens with one attached hydrogen (secondary N) is 2. The molecule has 39 heavy (non-hydrogen) atoms. The first-order valence-electron chi connectivity index (χ1n) is 13.0. The number of primary amides is 1. The molecule has 9 nitrogen and oxygen atoms in total. The standard InChI is InChI=1S/C29H35FN6O3/c1-4-38-20-15-21(26(30)24(16-20)39-17(2)3)27(34-19-12-10-18(11-13-19)28(31)32)22-7-5-9-25(35-22)36-14-6-8-23(36)29(33)37/h5,7,9-13,15-17,23,27,34H,4,6,8,14H2,1-3H3,(H3,31,32)(H2,33,37)/t23-,27?/m0/s1. The van der Waals surface area contributed by atoms with Crippen LogP contribution in [0.2, 0.25) is 0 Å². The van der Waals surface area contributed by atoms with Gasteiger partial charge in [0.2, 0.25) is 5.91 Å². The highest BCUT2D eigenvalue weighted by Gasteiger charge is 2.31. The zero-order valence-electron chi connectivity index (χ0n) is 22.4. The lowest BCUT2D eigenvalue weighted by atomic mass is 10.00. The molecule has 3 aromatic rings. The van der Waals surface area contributed by atoms with Crippen LogP contribution in [0.3, 0.4) is 0 Å². The zero-order chi connectivity index (χ0) is 28.1. The fraction of sp³-hybridized carbons (Fsp3) is 0.345. The summed E-state index contributed by atoms with van der Waals surface area (Å²) in [6, 6.07) is 14.4. The molecule has 206 valence electrons. The summed E-state index contributed by atoms with van der Waals surface area (Å²) in [5, 5.41) is 11.1. The van der Waals surface area contributed by atoms with Gasteiger partial charge in [-0.25, -0.2) is 9.37 Å². The van der Waals surface area contributed by atoms with Gasteiger partial charge >= 0.3 is 0 Å². The van der Waals surface area contributed by atoms with Gasteiger partial charge in [-0.15, -0.1) is 0 Å². The van der Waals surface area contributed by atoms with E-state index < -0.39 is 23.8 Å². The van der Waals surface area contributed by atoms with Crippen LogP contribution in [0.25, 0.3) is 0 Å². The van der Waals surface area contributed by atoms with Crippen LogP contribution in [0, 0.1) is 11.2 Å². The Kier molecular flexibility index (Phi) is 8.53. The lowest BCUT2D eigenvalue weighted by Crippen LogP contribution is -2.40. The molecular formula is C29H35FN6O3. The van der Waals surface area contributed by atoms with E-state index in [1.165, 1.54) is 0 Å². The van der Waals surface area contributed by atoms with Gasteiger partial charge in [-0.2, -0.15) is 0 Å². The molecule has 2 aromatic carbocycles. The number of benzene rings is 2. The number of rotatable bonds is 11. The maximum Gasteiger partial charge on any atom is 0.240 e. The second-order valence-electron chi connectivity index (χ2n) is 9.67. The predicted molar refractivity (Wildman–Crippen MR) is 150 cm³/mol. The van der Waals surface area contributed by atoms with Crippen LogP contribution in [0.4, 0.5) is 15.9 Å². The molecule has 1 aromatic heterocycles. The van der Waals surface area contributed by atoms with Crippen molar-refractivity contribution in [3.05, 3.63) is 77.2 Å². The number of aromatic nitrogens is 1. The molecule has 1 aliphatic heterocycles. The number of amides is 1. The lowest BCUT2D eigenvalue weighted by Gasteiger charge is -2.26. The lowest BCUT2D eigenvalue weighted by molar-refractivity contribution is -0.119. The minimum atomic E-state index is -0.752. The van der Waals surface area contributed by atoms with Gasteiger partial charge in [0.15, 0.2) is 11.6 Å². The molecule has 0 spiro atoms. The van der Waals surface area contributed by atoms with E-state index in [0.717, 1.165) is 6.42 Å². The van der Waals surface area contributed by atoms with Crippen molar-refractivity contribution in [3.63, 3.8) is 0 Å². The Bertz CT molecular complexity index is 1330.